The van der Waals surface area contributed by atoms with Crippen LogP contribution in [0.4, 0.5) is 10.5 Å². The van der Waals surface area contributed by atoms with Crippen molar-refractivity contribution in [3.8, 4) is 0 Å². The molecule has 1 aromatic carbocycles. The van der Waals surface area contributed by atoms with E-state index in [1.807, 2.05) is 0 Å². The van der Waals surface area contributed by atoms with E-state index in [2.05, 4.69) is 10.6 Å². The minimum Gasteiger partial charge on any atom is -0.480 e. The summed E-state index contributed by atoms with van der Waals surface area (Å²) in [4.78, 5) is 34.1. The van der Waals surface area contributed by atoms with Gasteiger partial charge in [-0.05, 0) is 38.5 Å². The van der Waals surface area contributed by atoms with Crippen LogP contribution in [0.5, 0.6) is 0 Å². The van der Waals surface area contributed by atoms with Gasteiger partial charge in [0.2, 0.25) is 5.91 Å². The molecular formula is C16H22N2O5. The van der Waals surface area contributed by atoms with E-state index in [1.165, 1.54) is 6.92 Å². The minimum atomic E-state index is -1.17. The van der Waals surface area contributed by atoms with Crippen molar-refractivity contribution >= 4 is 23.7 Å². The Kier molecular flexibility index (Phi) is 6.12. The van der Waals surface area contributed by atoms with Gasteiger partial charge in [-0.1, -0.05) is 12.1 Å². The third-order valence-electron chi connectivity index (χ3n) is 2.68. The molecule has 0 fully saturated rings. The standard InChI is InChI=1S/C16H22N2O5/c1-10(19)17-12-7-5-6-11(8-12)9-13(14(20)21)18-15(22)23-16(2,3)4/h5-8,13H,9H2,1-4H3,(H,17,19)(H,18,22)(H,20,21)/t13-/m1/s1. The molecule has 126 valence electrons. The van der Waals surface area contributed by atoms with Crippen LogP contribution in [-0.2, 0) is 20.7 Å². The van der Waals surface area contributed by atoms with Crippen LogP contribution < -0.4 is 10.6 Å². The normalized spacial score (nSPS) is 12.2. The van der Waals surface area contributed by atoms with Gasteiger partial charge in [-0.3, -0.25) is 4.79 Å². The third-order valence-corrected chi connectivity index (χ3v) is 2.68. The van der Waals surface area contributed by atoms with Gasteiger partial charge >= 0.3 is 12.1 Å². The maximum Gasteiger partial charge on any atom is 0.408 e. The van der Waals surface area contributed by atoms with Crippen molar-refractivity contribution in [1.82, 2.24) is 5.32 Å². The quantitative estimate of drug-likeness (QED) is 0.770. The van der Waals surface area contributed by atoms with Gasteiger partial charge < -0.3 is 20.5 Å². The molecule has 0 bridgehead atoms. The highest BCUT2D eigenvalue weighted by molar-refractivity contribution is 5.88. The first-order chi connectivity index (χ1) is 10.6. The zero-order chi connectivity index (χ0) is 17.6. The molecule has 0 spiro atoms. The first kappa shape index (κ1) is 18.5. The molecule has 1 rings (SSSR count). The number of carboxylic acid groups (broad SMARTS) is 1. The molecule has 0 aliphatic heterocycles. The van der Waals surface area contributed by atoms with Crippen LogP contribution in [0, 0.1) is 0 Å². The van der Waals surface area contributed by atoms with Crippen LogP contribution in [0.15, 0.2) is 24.3 Å². The number of ether oxygens (including phenoxy) is 1. The van der Waals surface area contributed by atoms with Gasteiger partial charge in [0, 0.05) is 19.0 Å². The summed E-state index contributed by atoms with van der Waals surface area (Å²) >= 11 is 0. The molecule has 0 unspecified atom stereocenters. The van der Waals surface area contributed by atoms with E-state index >= 15 is 0 Å². The average molecular weight is 322 g/mol. The van der Waals surface area contributed by atoms with Gasteiger partial charge in [-0.2, -0.15) is 0 Å². The second-order valence-electron chi connectivity index (χ2n) is 6.12. The number of hydrogen-bond donors (Lipinski definition) is 3. The molecule has 23 heavy (non-hydrogen) atoms. The summed E-state index contributed by atoms with van der Waals surface area (Å²) in [5, 5.41) is 14.2. The van der Waals surface area contributed by atoms with Crippen LogP contribution in [0.25, 0.3) is 0 Å². The maximum absolute atomic E-state index is 11.7. The molecule has 0 radical (unpaired) electrons. The van der Waals surface area contributed by atoms with Crippen molar-refractivity contribution < 1.29 is 24.2 Å². The maximum atomic E-state index is 11.7. The molecule has 7 heteroatoms. The Morgan fingerprint density at radius 1 is 1.26 bits per heavy atom. The number of amides is 2. The number of alkyl carbamates (subject to hydrolysis) is 1. The topological polar surface area (TPSA) is 105 Å². The van der Waals surface area contributed by atoms with E-state index in [0.29, 0.717) is 11.3 Å². The van der Waals surface area contributed by atoms with E-state index in [4.69, 9.17) is 4.74 Å². The number of carbonyl (C=O) groups is 3. The fourth-order valence-corrected chi connectivity index (χ4v) is 1.86. The second kappa shape index (κ2) is 7.62. The number of hydrogen-bond acceptors (Lipinski definition) is 4. The van der Waals surface area contributed by atoms with Gasteiger partial charge in [-0.25, -0.2) is 9.59 Å². The first-order valence-corrected chi connectivity index (χ1v) is 7.15. The van der Waals surface area contributed by atoms with E-state index in [9.17, 15) is 19.5 Å². The molecule has 0 saturated heterocycles. The summed E-state index contributed by atoms with van der Waals surface area (Å²) in [5.74, 6) is -1.38. The Bertz CT molecular complexity index is 592. The van der Waals surface area contributed by atoms with Gasteiger partial charge in [0.15, 0.2) is 0 Å². The molecule has 0 aliphatic carbocycles. The second-order valence-corrected chi connectivity index (χ2v) is 6.12. The van der Waals surface area contributed by atoms with Crippen molar-refractivity contribution in [3.63, 3.8) is 0 Å². The summed E-state index contributed by atoms with van der Waals surface area (Å²) in [6, 6.07) is 5.65. The average Bonchev–Trinajstić information content (AvgIpc) is 2.35. The zero-order valence-electron chi connectivity index (χ0n) is 13.7. The van der Waals surface area contributed by atoms with Gasteiger partial charge in [-0.15, -0.1) is 0 Å². The van der Waals surface area contributed by atoms with Gasteiger partial charge in [0.1, 0.15) is 11.6 Å². The largest absolute Gasteiger partial charge is 0.480 e. The Labute approximate surface area is 135 Å². The van der Waals surface area contributed by atoms with E-state index in [0.717, 1.165) is 0 Å². The van der Waals surface area contributed by atoms with Crippen LogP contribution in [-0.4, -0.2) is 34.7 Å². The van der Waals surface area contributed by atoms with Gasteiger partial charge in [0.25, 0.3) is 0 Å². The lowest BCUT2D eigenvalue weighted by Crippen LogP contribution is -2.44. The Hall–Kier alpha value is -2.57. The fraction of sp³-hybridized carbons (Fsp3) is 0.438. The molecule has 2 amide bonds. The summed E-state index contributed by atoms with van der Waals surface area (Å²) in [6.45, 7) is 6.47. The van der Waals surface area contributed by atoms with Crippen molar-refractivity contribution in [2.45, 2.75) is 45.8 Å². The number of carboxylic acids is 1. The lowest BCUT2D eigenvalue weighted by atomic mass is 10.1. The van der Waals surface area contributed by atoms with E-state index in [-0.39, 0.29) is 12.3 Å². The van der Waals surface area contributed by atoms with E-state index in [1.54, 1.807) is 45.0 Å². The summed E-state index contributed by atoms with van der Waals surface area (Å²) in [7, 11) is 0. The number of nitrogens with one attached hydrogen (secondary N) is 2. The zero-order valence-corrected chi connectivity index (χ0v) is 13.7. The number of benzene rings is 1. The number of anilines is 1. The molecule has 3 N–H and O–H groups in total. The number of aliphatic carboxylic acids is 1. The molecule has 1 atom stereocenters. The Morgan fingerprint density at radius 3 is 2.43 bits per heavy atom. The van der Waals surface area contributed by atoms with Gasteiger partial charge in [0.05, 0.1) is 0 Å². The summed E-state index contributed by atoms with van der Waals surface area (Å²) in [5.41, 5.74) is 0.523. The van der Waals surface area contributed by atoms with Crippen LogP contribution in [0.3, 0.4) is 0 Å². The predicted octanol–water partition coefficient (Wildman–Crippen LogP) is 2.17. The molecule has 0 saturated carbocycles. The smallest absolute Gasteiger partial charge is 0.408 e. The number of carbonyl (C=O) groups excluding carboxylic acids is 2. The van der Waals surface area contributed by atoms with Crippen molar-refractivity contribution in [2.75, 3.05) is 5.32 Å². The third kappa shape index (κ3) is 7.30. The lowest BCUT2D eigenvalue weighted by molar-refractivity contribution is -0.139. The Morgan fingerprint density at radius 2 is 1.91 bits per heavy atom. The fourth-order valence-electron chi connectivity index (χ4n) is 1.86. The van der Waals surface area contributed by atoms with Crippen LogP contribution in [0.1, 0.15) is 33.3 Å². The lowest BCUT2D eigenvalue weighted by Gasteiger charge is -2.22. The summed E-state index contributed by atoms with van der Waals surface area (Å²) in [6.07, 6.45) is -0.718. The van der Waals surface area contributed by atoms with E-state index < -0.39 is 23.7 Å². The first-order valence-electron chi connectivity index (χ1n) is 7.15. The highest BCUT2D eigenvalue weighted by atomic mass is 16.6. The molecule has 0 aliphatic rings. The molecule has 7 nitrogen and oxygen atoms in total. The number of rotatable bonds is 5. The summed E-state index contributed by atoms with van der Waals surface area (Å²) < 4.78 is 5.06. The van der Waals surface area contributed by atoms with Crippen LogP contribution >= 0.6 is 0 Å². The monoisotopic (exact) mass is 322 g/mol. The molecule has 1 aromatic rings. The Balaban J connectivity index is 2.78. The highest BCUT2D eigenvalue weighted by Crippen LogP contribution is 2.13. The molecular weight excluding hydrogens is 300 g/mol. The molecule has 0 aromatic heterocycles. The SMILES string of the molecule is CC(=O)Nc1cccc(C[C@@H](NC(=O)OC(C)(C)C)C(=O)O)c1. The van der Waals surface area contributed by atoms with Crippen molar-refractivity contribution in [3.05, 3.63) is 29.8 Å². The highest BCUT2D eigenvalue weighted by Gasteiger charge is 2.24. The van der Waals surface area contributed by atoms with Crippen molar-refractivity contribution in [1.29, 1.82) is 0 Å². The predicted molar refractivity (Wildman–Crippen MR) is 85.2 cm³/mol. The molecule has 0 heterocycles. The minimum absolute atomic E-state index is 0.0714. The van der Waals surface area contributed by atoms with Crippen LogP contribution in [0.2, 0.25) is 0 Å². The van der Waals surface area contributed by atoms with Crippen molar-refractivity contribution in [2.24, 2.45) is 0 Å².